The highest BCUT2D eigenvalue weighted by atomic mass is 19.1. The molecule has 0 spiro atoms. The molecule has 1 aliphatic heterocycles. The highest BCUT2D eigenvalue weighted by molar-refractivity contribution is 5.95. The normalized spacial score (nSPS) is 20.0. The molecule has 8 heteroatoms. The van der Waals surface area contributed by atoms with Gasteiger partial charge >= 0.3 is 0 Å². The van der Waals surface area contributed by atoms with E-state index in [4.69, 9.17) is 0 Å². The average molecular weight is 423 g/mol. The molecule has 6 nitrogen and oxygen atoms in total. The van der Waals surface area contributed by atoms with Gasteiger partial charge in [-0.25, -0.2) is 8.78 Å². The molecule has 2 aliphatic rings. The summed E-state index contributed by atoms with van der Waals surface area (Å²) in [4.78, 5) is 26.1. The Hall–Kier alpha value is -3.55. The van der Waals surface area contributed by atoms with Crippen molar-refractivity contribution in [2.45, 2.75) is 24.8 Å². The molecule has 1 aliphatic carbocycles. The number of aromatic hydroxyl groups is 1. The van der Waals surface area contributed by atoms with E-state index in [0.717, 1.165) is 11.8 Å². The molecule has 2 heterocycles. The van der Waals surface area contributed by atoms with E-state index in [1.54, 1.807) is 19.2 Å². The minimum absolute atomic E-state index is 0.192. The monoisotopic (exact) mass is 423 g/mol. The summed E-state index contributed by atoms with van der Waals surface area (Å²) in [7, 11) is 1.56. The fraction of sp³-hybridized carbons (Fsp3) is 0.261. The van der Waals surface area contributed by atoms with Crippen molar-refractivity contribution < 1.29 is 18.7 Å². The molecule has 0 radical (unpaired) electrons. The first-order chi connectivity index (χ1) is 14.9. The molecule has 31 heavy (non-hydrogen) atoms. The number of nitrogens with zero attached hydrogens (tertiary/aromatic N) is 3. The third-order valence-corrected chi connectivity index (χ3v) is 6.27. The van der Waals surface area contributed by atoms with E-state index in [1.165, 1.54) is 27.8 Å². The van der Waals surface area contributed by atoms with E-state index in [9.17, 15) is 23.5 Å². The van der Waals surface area contributed by atoms with Crippen molar-refractivity contribution in [2.75, 3.05) is 13.6 Å². The van der Waals surface area contributed by atoms with Gasteiger partial charge < -0.3 is 10.0 Å². The van der Waals surface area contributed by atoms with E-state index < -0.39 is 34.9 Å². The number of aromatic nitrogens is 2. The Bertz CT molecular complexity index is 1290. The number of amides is 1. The summed E-state index contributed by atoms with van der Waals surface area (Å²) >= 11 is 0. The number of benzene rings is 2. The largest absolute Gasteiger partial charge is 0.502 e. The molecule has 0 saturated carbocycles. The second-order valence-electron chi connectivity index (χ2n) is 8.03. The van der Waals surface area contributed by atoms with Gasteiger partial charge in [-0.2, -0.15) is 5.10 Å². The molecule has 1 amide bonds. The highest BCUT2D eigenvalue weighted by Crippen LogP contribution is 2.44. The van der Waals surface area contributed by atoms with E-state index in [0.29, 0.717) is 29.5 Å². The first kappa shape index (κ1) is 19.4. The molecule has 1 aromatic heterocycles. The Labute approximate surface area is 176 Å². The number of rotatable bonds is 1. The lowest BCUT2D eigenvalue weighted by atomic mass is 9.81. The van der Waals surface area contributed by atoms with Crippen LogP contribution in [0.15, 0.2) is 47.4 Å². The maximum atomic E-state index is 14.8. The molecule has 2 atom stereocenters. The fourth-order valence-corrected chi connectivity index (χ4v) is 4.83. The van der Waals surface area contributed by atoms with Crippen molar-refractivity contribution in [2.24, 2.45) is 0 Å². The molecule has 158 valence electrons. The van der Waals surface area contributed by atoms with Crippen molar-refractivity contribution in [3.05, 3.63) is 92.4 Å². The lowest BCUT2D eigenvalue weighted by molar-refractivity contribution is 0.0686. The minimum Gasteiger partial charge on any atom is -0.502 e. The Morgan fingerprint density at radius 2 is 1.90 bits per heavy atom. The number of hydrogen-bond acceptors (Lipinski definition) is 4. The number of halogens is 2. The fourth-order valence-electron chi connectivity index (χ4n) is 4.83. The molecule has 0 fully saturated rings. The van der Waals surface area contributed by atoms with Crippen molar-refractivity contribution in [3.8, 4) is 5.75 Å². The minimum atomic E-state index is -0.757. The predicted molar refractivity (Wildman–Crippen MR) is 108 cm³/mol. The number of carbonyl (C=O) groups is 1. The Balaban J connectivity index is 1.82. The van der Waals surface area contributed by atoms with Gasteiger partial charge in [-0.05, 0) is 53.3 Å². The van der Waals surface area contributed by atoms with Crippen LogP contribution in [-0.2, 0) is 12.8 Å². The number of fused-ring (bicyclic) bond motifs is 3. The SMILES string of the molecule is CN1CC(C2c3cc(F)ccc3CCc3c(F)cccc32)n2ncc(=O)c(O)c2C1=O. The third-order valence-electron chi connectivity index (χ3n) is 6.27. The van der Waals surface area contributed by atoms with Gasteiger partial charge in [-0.15, -0.1) is 0 Å². The van der Waals surface area contributed by atoms with Gasteiger partial charge in [-0.3, -0.25) is 14.3 Å². The van der Waals surface area contributed by atoms with E-state index in [1.807, 2.05) is 6.07 Å². The number of likely N-dealkylation sites (N-methyl/N-ethyl adjacent to an activating group) is 1. The van der Waals surface area contributed by atoms with Crippen LogP contribution in [-0.4, -0.2) is 39.3 Å². The zero-order valence-electron chi connectivity index (χ0n) is 16.7. The van der Waals surface area contributed by atoms with Crippen LogP contribution in [0.5, 0.6) is 5.75 Å². The Morgan fingerprint density at radius 3 is 2.71 bits per heavy atom. The zero-order chi connectivity index (χ0) is 21.9. The predicted octanol–water partition coefficient (Wildman–Crippen LogP) is 2.78. The zero-order valence-corrected chi connectivity index (χ0v) is 16.7. The van der Waals surface area contributed by atoms with Crippen LogP contribution in [0.3, 0.4) is 0 Å². The molecule has 2 unspecified atom stereocenters. The number of aryl methyl sites for hydroxylation is 1. The molecular formula is C23H19F2N3O3. The van der Waals surface area contributed by atoms with Crippen molar-refractivity contribution >= 4 is 5.91 Å². The Kier molecular flexibility index (Phi) is 4.39. The second-order valence-corrected chi connectivity index (χ2v) is 8.03. The van der Waals surface area contributed by atoms with Crippen LogP contribution in [0.25, 0.3) is 0 Å². The summed E-state index contributed by atoms with van der Waals surface area (Å²) in [6, 6.07) is 8.77. The summed E-state index contributed by atoms with van der Waals surface area (Å²) in [6.07, 6.45) is 1.95. The average Bonchev–Trinajstić information content (AvgIpc) is 2.90. The lowest BCUT2D eigenvalue weighted by Crippen LogP contribution is -2.45. The molecule has 0 bridgehead atoms. The van der Waals surface area contributed by atoms with Crippen molar-refractivity contribution in [3.63, 3.8) is 0 Å². The molecular weight excluding hydrogens is 404 g/mol. The van der Waals surface area contributed by atoms with Crippen LogP contribution in [0.1, 0.15) is 44.7 Å². The summed E-state index contributed by atoms with van der Waals surface area (Å²) < 4.78 is 30.5. The molecule has 2 aromatic carbocycles. The molecule has 5 rings (SSSR count). The lowest BCUT2D eigenvalue weighted by Gasteiger charge is -2.38. The number of hydrogen-bond donors (Lipinski definition) is 1. The van der Waals surface area contributed by atoms with Gasteiger partial charge in [0.05, 0.1) is 12.2 Å². The van der Waals surface area contributed by atoms with Gasteiger partial charge in [0.15, 0.2) is 11.4 Å². The summed E-state index contributed by atoms with van der Waals surface area (Å²) in [5.41, 5.74) is 1.81. The van der Waals surface area contributed by atoms with Crippen LogP contribution >= 0.6 is 0 Å². The van der Waals surface area contributed by atoms with E-state index in [2.05, 4.69) is 5.10 Å². The summed E-state index contributed by atoms with van der Waals surface area (Å²) in [5, 5.41) is 14.5. The van der Waals surface area contributed by atoms with Gasteiger partial charge in [-0.1, -0.05) is 18.2 Å². The molecule has 1 N–H and O–H groups in total. The van der Waals surface area contributed by atoms with Crippen LogP contribution in [0.4, 0.5) is 8.78 Å². The van der Waals surface area contributed by atoms with Gasteiger partial charge in [0.1, 0.15) is 11.6 Å². The standard InChI is InChI=1S/C23H19F2N3O3/c1-27-11-18(28-21(23(27)31)22(30)19(29)10-26-28)20-15-3-2-4-17(25)14(15)8-6-12-5-7-13(24)9-16(12)20/h2-5,7,9-10,18,20,30H,6,8,11H2,1H3. The van der Waals surface area contributed by atoms with Gasteiger partial charge in [0, 0.05) is 19.5 Å². The van der Waals surface area contributed by atoms with Crippen LogP contribution in [0, 0.1) is 11.6 Å². The van der Waals surface area contributed by atoms with Crippen LogP contribution in [0.2, 0.25) is 0 Å². The van der Waals surface area contributed by atoms with Gasteiger partial charge in [0.2, 0.25) is 5.43 Å². The third kappa shape index (κ3) is 2.93. The first-order valence-corrected chi connectivity index (χ1v) is 9.98. The molecule has 0 saturated heterocycles. The van der Waals surface area contributed by atoms with E-state index >= 15 is 0 Å². The van der Waals surface area contributed by atoms with Crippen LogP contribution < -0.4 is 5.43 Å². The first-order valence-electron chi connectivity index (χ1n) is 9.98. The summed E-state index contributed by atoms with van der Waals surface area (Å²) in [6.45, 7) is 0.192. The smallest absolute Gasteiger partial charge is 0.275 e. The maximum absolute atomic E-state index is 14.8. The molecule has 3 aromatic rings. The van der Waals surface area contributed by atoms with Crippen molar-refractivity contribution in [1.82, 2.24) is 14.7 Å². The maximum Gasteiger partial charge on any atom is 0.275 e. The Morgan fingerprint density at radius 1 is 1.10 bits per heavy atom. The second kappa shape index (κ2) is 7.01. The highest BCUT2D eigenvalue weighted by Gasteiger charge is 2.40. The quantitative estimate of drug-likeness (QED) is 0.653. The van der Waals surface area contributed by atoms with E-state index in [-0.39, 0.29) is 18.1 Å². The number of carbonyl (C=O) groups excluding carboxylic acids is 1. The summed E-state index contributed by atoms with van der Waals surface area (Å²) in [5.74, 6) is -2.51. The van der Waals surface area contributed by atoms with Gasteiger partial charge in [0.25, 0.3) is 5.91 Å². The topological polar surface area (TPSA) is 75.4 Å². The van der Waals surface area contributed by atoms with Crippen molar-refractivity contribution in [1.29, 1.82) is 0 Å².